The Labute approximate surface area is 196 Å². The molecule has 2 fully saturated rings. The van der Waals surface area contributed by atoms with E-state index in [0.29, 0.717) is 19.4 Å². The summed E-state index contributed by atoms with van der Waals surface area (Å²) in [6.07, 6.45) is 2.10. The van der Waals surface area contributed by atoms with E-state index < -0.39 is 0 Å². The van der Waals surface area contributed by atoms with Crippen molar-refractivity contribution in [1.82, 2.24) is 15.1 Å². The molecule has 2 saturated heterocycles. The summed E-state index contributed by atoms with van der Waals surface area (Å²) in [6.45, 7) is 2.23. The number of hydrogen-bond donors (Lipinski definition) is 2. The highest BCUT2D eigenvalue weighted by Crippen LogP contribution is 2.29. The number of likely N-dealkylation sites (N-methyl/N-ethyl adjacent to an activating group) is 1. The zero-order chi connectivity index (χ0) is 23.4. The summed E-state index contributed by atoms with van der Waals surface area (Å²) in [7, 11) is 6.17. The molecule has 0 radical (unpaired) electrons. The smallest absolute Gasteiger partial charge is 0.239 e. The topological polar surface area (TPSA) is 67.9 Å². The van der Waals surface area contributed by atoms with E-state index in [9.17, 15) is 9.59 Å². The Morgan fingerprint density at radius 1 is 1.12 bits per heavy atom. The second kappa shape index (κ2) is 10.4. The van der Waals surface area contributed by atoms with Gasteiger partial charge >= 0.3 is 0 Å². The lowest BCUT2D eigenvalue weighted by atomic mass is 10.0. The SMILES string of the molecule is CN(C)c1ccc(CN2CC[C@@H]3[C@H]2C(=O)NC[C@H](CCC(=O)Nc2ccccc2)N3C)cc1. The monoisotopic (exact) mass is 449 g/mol. The van der Waals surface area contributed by atoms with Gasteiger partial charge in [0.1, 0.15) is 6.04 Å². The van der Waals surface area contributed by atoms with E-state index in [-0.39, 0.29) is 29.9 Å². The van der Waals surface area contributed by atoms with Gasteiger partial charge in [0.15, 0.2) is 0 Å². The third kappa shape index (κ3) is 5.54. The number of para-hydroxylation sites is 1. The van der Waals surface area contributed by atoms with E-state index in [1.54, 1.807) is 0 Å². The quantitative estimate of drug-likeness (QED) is 0.680. The van der Waals surface area contributed by atoms with Gasteiger partial charge in [-0.25, -0.2) is 0 Å². The molecule has 0 unspecified atom stereocenters. The Morgan fingerprint density at radius 2 is 1.85 bits per heavy atom. The number of nitrogens with zero attached hydrogens (tertiary/aromatic N) is 3. The molecule has 0 aliphatic carbocycles. The fourth-order valence-corrected chi connectivity index (χ4v) is 5.00. The van der Waals surface area contributed by atoms with Crippen molar-refractivity contribution in [3.05, 3.63) is 60.2 Å². The molecule has 0 aromatic heterocycles. The van der Waals surface area contributed by atoms with Crippen LogP contribution in [0, 0.1) is 0 Å². The first kappa shape index (κ1) is 23.3. The fourth-order valence-electron chi connectivity index (χ4n) is 5.00. The molecule has 2 aliphatic heterocycles. The predicted octanol–water partition coefficient (Wildman–Crippen LogP) is 2.54. The van der Waals surface area contributed by atoms with Crippen molar-refractivity contribution < 1.29 is 9.59 Å². The molecule has 2 aromatic rings. The number of rotatable bonds is 7. The highest BCUT2D eigenvalue weighted by atomic mass is 16.2. The molecule has 33 heavy (non-hydrogen) atoms. The third-order valence-corrected chi connectivity index (χ3v) is 6.95. The highest BCUT2D eigenvalue weighted by Gasteiger charge is 2.44. The van der Waals surface area contributed by atoms with Crippen LogP contribution in [0.15, 0.2) is 54.6 Å². The maximum absolute atomic E-state index is 13.0. The molecule has 4 rings (SSSR count). The van der Waals surface area contributed by atoms with Crippen LogP contribution in [0.1, 0.15) is 24.8 Å². The van der Waals surface area contributed by atoms with Crippen LogP contribution >= 0.6 is 0 Å². The number of carbonyl (C=O) groups is 2. The standard InChI is InChI=1S/C26H35N5O2/c1-29(2)21-11-9-19(10-12-21)18-31-16-15-23-25(31)26(33)27-17-22(30(23)3)13-14-24(32)28-20-7-5-4-6-8-20/h4-12,22-23,25H,13-18H2,1-3H3,(H,27,33)(H,28,32)/t22-,23+,25-/m0/s1. The van der Waals surface area contributed by atoms with Crippen molar-refractivity contribution in [1.29, 1.82) is 0 Å². The normalized spacial score (nSPS) is 23.5. The van der Waals surface area contributed by atoms with Crippen molar-refractivity contribution in [3.8, 4) is 0 Å². The minimum atomic E-state index is -0.160. The van der Waals surface area contributed by atoms with Crippen LogP contribution in [-0.4, -0.2) is 74.0 Å². The minimum absolute atomic E-state index is 0.0101. The molecule has 0 spiro atoms. The molecule has 2 heterocycles. The van der Waals surface area contributed by atoms with Gasteiger partial charge in [-0.2, -0.15) is 0 Å². The molecule has 176 valence electrons. The first-order valence-electron chi connectivity index (χ1n) is 11.8. The number of nitrogens with one attached hydrogen (secondary N) is 2. The summed E-state index contributed by atoms with van der Waals surface area (Å²) in [5.74, 6) is 0.112. The number of likely N-dealkylation sites (tertiary alicyclic amines) is 1. The van der Waals surface area contributed by atoms with Gasteiger partial charge in [-0.3, -0.25) is 19.4 Å². The second-order valence-electron chi connectivity index (χ2n) is 9.35. The van der Waals surface area contributed by atoms with Crippen molar-refractivity contribution in [3.63, 3.8) is 0 Å². The second-order valence-corrected chi connectivity index (χ2v) is 9.35. The molecule has 0 saturated carbocycles. The number of anilines is 2. The molecule has 2 aliphatic rings. The molecule has 0 bridgehead atoms. The summed E-state index contributed by atoms with van der Waals surface area (Å²) in [5.41, 5.74) is 3.20. The number of amides is 2. The van der Waals surface area contributed by atoms with Gasteiger partial charge in [0.2, 0.25) is 11.8 Å². The third-order valence-electron chi connectivity index (χ3n) is 6.95. The van der Waals surface area contributed by atoms with Gasteiger partial charge in [0.05, 0.1) is 0 Å². The Hall–Kier alpha value is -2.90. The van der Waals surface area contributed by atoms with Crippen molar-refractivity contribution in [2.24, 2.45) is 0 Å². The van der Waals surface area contributed by atoms with E-state index in [1.807, 2.05) is 44.4 Å². The zero-order valence-electron chi connectivity index (χ0n) is 19.8. The van der Waals surface area contributed by atoms with Crippen LogP contribution < -0.4 is 15.5 Å². The van der Waals surface area contributed by atoms with Crippen molar-refractivity contribution in [2.45, 2.75) is 43.9 Å². The van der Waals surface area contributed by atoms with Gasteiger partial charge in [0.25, 0.3) is 0 Å². The van der Waals surface area contributed by atoms with E-state index in [0.717, 1.165) is 25.2 Å². The van der Waals surface area contributed by atoms with Crippen LogP contribution in [0.5, 0.6) is 0 Å². The van der Waals surface area contributed by atoms with Crippen LogP contribution in [0.2, 0.25) is 0 Å². The van der Waals surface area contributed by atoms with Gasteiger partial charge in [-0.15, -0.1) is 0 Å². The Bertz CT molecular complexity index is 947. The van der Waals surface area contributed by atoms with E-state index in [1.165, 1.54) is 11.3 Å². The Morgan fingerprint density at radius 3 is 2.55 bits per heavy atom. The van der Waals surface area contributed by atoms with Crippen LogP contribution in [0.4, 0.5) is 11.4 Å². The first-order chi connectivity index (χ1) is 15.9. The number of carbonyl (C=O) groups excluding carboxylic acids is 2. The van der Waals surface area contributed by atoms with E-state index in [4.69, 9.17) is 0 Å². The summed E-state index contributed by atoms with van der Waals surface area (Å²) in [6, 6.07) is 18.2. The largest absolute Gasteiger partial charge is 0.378 e. The number of fused-ring (bicyclic) bond motifs is 1. The lowest BCUT2D eigenvalue weighted by Crippen LogP contribution is -2.49. The van der Waals surface area contributed by atoms with Crippen molar-refractivity contribution >= 4 is 23.2 Å². The van der Waals surface area contributed by atoms with Gasteiger partial charge < -0.3 is 15.5 Å². The minimum Gasteiger partial charge on any atom is -0.378 e. The lowest BCUT2D eigenvalue weighted by molar-refractivity contribution is -0.126. The predicted molar refractivity (Wildman–Crippen MR) is 132 cm³/mol. The van der Waals surface area contributed by atoms with Crippen LogP contribution in [0.3, 0.4) is 0 Å². The van der Waals surface area contributed by atoms with Crippen LogP contribution in [-0.2, 0) is 16.1 Å². The zero-order valence-corrected chi connectivity index (χ0v) is 19.8. The van der Waals surface area contributed by atoms with E-state index >= 15 is 0 Å². The summed E-state index contributed by atoms with van der Waals surface area (Å²) in [5, 5.41) is 6.11. The average Bonchev–Trinajstić information content (AvgIpc) is 3.18. The average molecular weight is 450 g/mol. The molecule has 2 aromatic carbocycles. The fraction of sp³-hybridized carbons (Fsp3) is 0.462. The first-order valence-corrected chi connectivity index (χ1v) is 11.8. The molecular weight excluding hydrogens is 414 g/mol. The lowest BCUT2D eigenvalue weighted by Gasteiger charge is -2.33. The number of hydrogen-bond acceptors (Lipinski definition) is 5. The molecule has 7 nitrogen and oxygen atoms in total. The molecule has 2 N–H and O–H groups in total. The van der Waals surface area contributed by atoms with E-state index in [2.05, 4.69) is 56.6 Å². The van der Waals surface area contributed by atoms with Gasteiger partial charge in [0, 0.05) is 63.6 Å². The highest BCUT2D eigenvalue weighted by molar-refractivity contribution is 5.90. The molecule has 3 atom stereocenters. The Balaban J connectivity index is 1.36. The molecule has 7 heteroatoms. The maximum Gasteiger partial charge on any atom is 0.239 e. The summed E-state index contributed by atoms with van der Waals surface area (Å²) >= 11 is 0. The molecular formula is C26H35N5O2. The summed E-state index contributed by atoms with van der Waals surface area (Å²) < 4.78 is 0. The van der Waals surface area contributed by atoms with Gasteiger partial charge in [-0.05, 0) is 49.7 Å². The van der Waals surface area contributed by atoms with Crippen LogP contribution in [0.25, 0.3) is 0 Å². The van der Waals surface area contributed by atoms with Gasteiger partial charge in [-0.1, -0.05) is 30.3 Å². The molecule has 2 amide bonds. The van der Waals surface area contributed by atoms with Crippen molar-refractivity contribution in [2.75, 3.05) is 44.4 Å². The number of benzene rings is 2. The Kier molecular flexibility index (Phi) is 7.30. The summed E-state index contributed by atoms with van der Waals surface area (Å²) in [4.78, 5) is 32.2. The maximum atomic E-state index is 13.0.